The summed E-state index contributed by atoms with van der Waals surface area (Å²) in [6.07, 6.45) is 4.73. The first-order chi connectivity index (χ1) is 8.15. The van der Waals surface area contributed by atoms with Crippen LogP contribution in [-0.4, -0.2) is 34.7 Å². The molecule has 0 saturated carbocycles. The van der Waals surface area contributed by atoms with Gasteiger partial charge in [-0.25, -0.2) is 0 Å². The first-order valence-corrected chi connectivity index (χ1v) is 6.38. The second kappa shape index (κ2) is 5.19. The Morgan fingerprint density at radius 3 is 2.71 bits per heavy atom. The predicted octanol–water partition coefficient (Wildman–Crippen LogP) is 1.80. The monoisotopic (exact) mass is 238 g/mol. The number of hydrogen-bond acceptors (Lipinski definition) is 3. The quantitative estimate of drug-likeness (QED) is 0.870. The van der Waals surface area contributed by atoms with Gasteiger partial charge in [-0.2, -0.15) is 5.10 Å². The van der Waals surface area contributed by atoms with E-state index in [2.05, 4.69) is 25.0 Å². The van der Waals surface area contributed by atoms with E-state index in [1.807, 2.05) is 10.9 Å². The molecule has 2 rings (SSSR count). The van der Waals surface area contributed by atoms with E-state index in [0.29, 0.717) is 6.04 Å². The molecule has 0 radical (unpaired) electrons. The average molecular weight is 238 g/mol. The molecule has 1 aromatic rings. The number of hydrogen-bond donors (Lipinski definition) is 1. The van der Waals surface area contributed by atoms with Crippen molar-refractivity contribution >= 4 is 0 Å². The van der Waals surface area contributed by atoms with Gasteiger partial charge in [0, 0.05) is 37.5 Å². The predicted molar refractivity (Wildman–Crippen MR) is 65.9 cm³/mol. The summed E-state index contributed by atoms with van der Waals surface area (Å²) in [5.74, 6) is 0. The van der Waals surface area contributed by atoms with Gasteiger partial charge in [0.05, 0.1) is 5.69 Å². The number of nitrogens with zero attached hydrogens (tertiary/aromatic N) is 2. The van der Waals surface area contributed by atoms with Gasteiger partial charge in [0.2, 0.25) is 0 Å². The molecule has 0 amide bonds. The first-order valence-electron chi connectivity index (χ1n) is 6.38. The van der Waals surface area contributed by atoms with Crippen LogP contribution in [0, 0.1) is 5.41 Å². The molecule has 0 bridgehead atoms. The number of aromatic nitrogens is 2. The second-order valence-corrected chi connectivity index (χ2v) is 5.33. The lowest BCUT2D eigenvalue weighted by Crippen LogP contribution is -2.35. The Labute approximate surface area is 103 Å². The molecular formula is C13H22N2O2. The van der Waals surface area contributed by atoms with Crippen LogP contribution in [-0.2, 0) is 11.2 Å². The van der Waals surface area contributed by atoms with Crippen LogP contribution in [0.15, 0.2) is 12.3 Å². The molecule has 17 heavy (non-hydrogen) atoms. The summed E-state index contributed by atoms with van der Waals surface area (Å²) in [5, 5.41) is 14.2. The SMILES string of the molecule is CC(C)n1ccc(CC2(CO)CCOCC2)n1. The molecule has 0 unspecified atom stereocenters. The molecule has 2 heterocycles. The maximum Gasteiger partial charge on any atom is 0.0631 e. The lowest BCUT2D eigenvalue weighted by molar-refractivity contribution is -0.0163. The Balaban J connectivity index is 2.06. The van der Waals surface area contributed by atoms with E-state index >= 15 is 0 Å². The zero-order valence-corrected chi connectivity index (χ0v) is 10.7. The summed E-state index contributed by atoms with van der Waals surface area (Å²) < 4.78 is 7.34. The molecule has 1 N–H and O–H groups in total. The summed E-state index contributed by atoms with van der Waals surface area (Å²) in [7, 11) is 0. The van der Waals surface area contributed by atoms with Crippen LogP contribution in [0.4, 0.5) is 0 Å². The molecule has 1 aliphatic heterocycles. The van der Waals surface area contributed by atoms with Crippen LogP contribution in [0.1, 0.15) is 38.4 Å². The normalized spacial score (nSPS) is 19.8. The smallest absolute Gasteiger partial charge is 0.0631 e. The van der Waals surface area contributed by atoms with Gasteiger partial charge in [-0.3, -0.25) is 4.68 Å². The van der Waals surface area contributed by atoms with Crippen molar-refractivity contribution < 1.29 is 9.84 Å². The topological polar surface area (TPSA) is 47.3 Å². The molecule has 96 valence electrons. The summed E-state index contributed by atoms with van der Waals surface area (Å²) in [4.78, 5) is 0. The Hall–Kier alpha value is -0.870. The molecule has 1 saturated heterocycles. The minimum Gasteiger partial charge on any atom is -0.396 e. The highest BCUT2D eigenvalue weighted by molar-refractivity contribution is 5.04. The van der Waals surface area contributed by atoms with E-state index in [1.165, 1.54) is 0 Å². The van der Waals surface area contributed by atoms with Crippen LogP contribution in [0.3, 0.4) is 0 Å². The van der Waals surface area contributed by atoms with Gasteiger partial charge >= 0.3 is 0 Å². The van der Waals surface area contributed by atoms with Crippen molar-refractivity contribution in [2.24, 2.45) is 5.41 Å². The molecule has 0 aromatic carbocycles. The van der Waals surface area contributed by atoms with Gasteiger partial charge in [0.15, 0.2) is 0 Å². The third-order valence-electron chi connectivity index (χ3n) is 3.64. The fourth-order valence-corrected chi connectivity index (χ4v) is 2.34. The van der Waals surface area contributed by atoms with Crippen molar-refractivity contribution in [3.05, 3.63) is 18.0 Å². The Bertz CT molecular complexity index is 354. The molecular weight excluding hydrogens is 216 g/mol. The highest BCUT2D eigenvalue weighted by Gasteiger charge is 2.32. The van der Waals surface area contributed by atoms with Crippen LogP contribution in [0.2, 0.25) is 0 Å². The molecule has 0 aliphatic carbocycles. The van der Waals surface area contributed by atoms with Gasteiger partial charge in [-0.15, -0.1) is 0 Å². The van der Waals surface area contributed by atoms with Crippen molar-refractivity contribution in [1.82, 2.24) is 9.78 Å². The maximum atomic E-state index is 9.63. The number of rotatable bonds is 4. The fourth-order valence-electron chi connectivity index (χ4n) is 2.34. The summed E-state index contributed by atoms with van der Waals surface area (Å²) in [6.45, 7) is 5.97. The minimum atomic E-state index is -0.0194. The molecule has 4 nitrogen and oxygen atoms in total. The molecule has 4 heteroatoms. The van der Waals surface area contributed by atoms with Gasteiger partial charge < -0.3 is 9.84 Å². The number of aliphatic hydroxyl groups is 1. The van der Waals surface area contributed by atoms with E-state index < -0.39 is 0 Å². The zero-order chi connectivity index (χ0) is 12.3. The van der Waals surface area contributed by atoms with Crippen molar-refractivity contribution in [2.45, 2.75) is 39.2 Å². The van der Waals surface area contributed by atoms with E-state index in [4.69, 9.17) is 4.74 Å². The Kier molecular flexibility index (Phi) is 3.84. The van der Waals surface area contributed by atoms with Gasteiger partial charge in [-0.1, -0.05) is 0 Å². The van der Waals surface area contributed by atoms with Crippen LogP contribution in [0.25, 0.3) is 0 Å². The second-order valence-electron chi connectivity index (χ2n) is 5.33. The van der Waals surface area contributed by atoms with Crippen molar-refractivity contribution in [2.75, 3.05) is 19.8 Å². The van der Waals surface area contributed by atoms with Gasteiger partial charge in [0.25, 0.3) is 0 Å². The minimum absolute atomic E-state index is 0.0194. The molecule has 0 atom stereocenters. The summed E-state index contributed by atoms with van der Waals surface area (Å²) >= 11 is 0. The Morgan fingerprint density at radius 2 is 2.18 bits per heavy atom. The largest absolute Gasteiger partial charge is 0.396 e. The summed E-state index contributed by atoms with van der Waals surface area (Å²) in [5.41, 5.74) is 1.06. The molecule has 1 aromatic heterocycles. The lowest BCUT2D eigenvalue weighted by atomic mass is 9.77. The fraction of sp³-hybridized carbons (Fsp3) is 0.769. The standard InChI is InChI=1S/C13H22N2O2/c1-11(2)15-6-3-12(14-15)9-13(10-16)4-7-17-8-5-13/h3,6,11,16H,4-5,7-10H2,1-2H3. The van der Waals surface area contributed by atoms with E-state index in [0.717, 1.165) is 38.2 Å². The van der Waals surface area contributed by atoms with Crippen molar-refractivity contribution in [1.29, 1.82) is 0 Å². The van der Waals surface area contributed by atoms with Gasteiger partial charge in [-0.05, 0) is 39.2 Å². The number of ether oxygens (including phenoxy) is 1. The van der Waals surface area contributed by atoms with E-state index in [1.54, 1.807) is 0 Å². The van der Waals surface area contributed by atoms with Crippen molar-refractivity contribution in [3.63, 3.8) is 0 Å². The first kappa shape index (κ1) is 12.6. The maximum absolute atomic E-state index is 9.63. The molecule has 1 aliphatic rings. The Morgan fingerprint density at radius 1 is 1.47 bits per heavy atom. The van der Waals surface area contributed by atoms with Crippen molar-refractivity contribution in [3.8, 4) is 0 Å². The van der Waals surface area contributed by atoms with Crippen LogP contribution in [0.5, 0.6) is 0 Å². The average Bonchev–Trinajstić information content (AvgIpc) is 2.79. The third kappa shape index (κ3) is 2.87. The third-order valence-corrected chi connectivity index (χ3v) is 3.64. The number of aliphatic hydroxyl groups excluding tert-OH is 1. The zero-order valence-electron chi connectivity index (χ0n) is 10.7. The highest BCUT2D eigenvalue weighted by Crippen LogP contribution is 2.33. The molecule has 0 spiro atoms. The lowest BCUT2D eigenvalue weighted by Gasteiger charge is -2.34. The van der Waals surface area contributed by atoms with Crippen LogP contribution < -0.4 is 0 Å². The van der Waals surface area contributed by atoms with E-state index in [9.17, 15) is 5.11 Å². The summed E-state index contributed by atoms with van der Waals surface area (Å²) in [6, 6.07) is 2.45. The van der Waals surface area contributed by atoms with E-state index in [-0.39, 0.29) is 12.0 Å². The highest BCUT2D eigenvalue weighted by atomic mass is 16.5. The van der Waals surface area contributed by atoms with Gasteiger partial charge in [0.1, 0.15) is 0 Å². The van der Waals surface area contributed by atoms with Crippen LogP contribution >= 0.6 is 0 Å². The molecule has 1 fully saturated rings.